The van der Waals surface area contributed by atoms with Crippen LogP contribution in [-0.4, -0.2) is 37.7 Å². The van der Waals surface area contributed by atoms with E-state index in [0.29, 0.717) is 19.2 Å². The minimum Gasteiger partial charge on any atom is -0.383 e. The molecule has 0 saturated carbocycles. The lowest BCUT2D eigenvalue weighted by molar-refractivity contribution is 0.124. The molecule has 1 aromatic rings. The number of ether oxygens (including phenoxy) is 1. The summed E-state index contributed by atoms with van der Waals surface area (Å²) in [5.41, 5.74) is 1.89. The van der Waals surface area contributed by atoms with Gasteiger partial charge in [0.15, 0.2) is 0 Å². The minimum absolute atomic E-state index is 0.127. The van der Waals surface area contributed by atoms with Crippen LogP contribution < -0.4 is 5.32 Å². The molecule has 0 bridgehead atoms. The standard InChI is InChI=1S/C17H29FN2O/c1-5-8-19-12-15-6-7-17(18)16(11-15)13-20(14(2)3)9-10-21-4/h6-7,11,14,19H,5,8-10,12-13H2,1-4H3. The van der Waals surface area contributed by atoms with E-state index in [-0.39, 0.29) is 5.82 Å². The highest BCUT2D eigenvalue weighted by molar-refractivity contribution is 5.25. The van der Waals surface area contributed by atoms with Crippen LogP contribution in [0.25, 0.3) is 0 Å². The minimum atomic E-state index is -0.127. The topological polar surface area (TPSA) is 24.5 Å². The van der Waals surface area contributed by atoms with Crippen LogP contribution in [-0.2, 0) is 17.8 Å². The molecule has 1 rings (SSSR count). The van der Waals surface area contributed by atoms with Gasteiger partial charge in [-0.2, -0.15) is 0 Å². The summed E-state index contributed by atoms with van der Waals surface area (Å²) in [5.74, 6) is -0.127. The SMILES string of the molecule is CCCNCc1ccc(F)c(CN(CCOC)C(C)C)c1. The molecule has 0 amide bonds. The molecule has 0 aromatic heterocycles. The lowest BCUT2D eigenvalue weighted by Crippen LogP contribution is -2.33. The average molecular weight is 296 g/mol. The van der Waals surface area contributed by atoms with Crippen molar-refractivity contribution >= 4 is 0 Å². The Balaban J connectivity index is 2.72. The Hall–Kier alpha value is -0.970. The van der Waals surface area contributed by atoms with Gasteiger partial charge in [0.1, 0.15) is 5.82 Å². The summed E-state index contributed by atoms with van der Waals surface area (Å²) >= 11 is 0. The summed E-state index contributed by atoms with van der Waals surface area (Å²) in [5, 5.41) is 3.35. The molecule has 0 unspecified atom stereocenters. The molecule has 0 heterocycles. The first-order valence-electron chi connectivity index (χ1n) is 7.79. The van der Waals surface area contributed by atoms with Crippen molar-refractivity contribution in [1.82, 2.24) is 10.2 Å². The number of nitrogens with zero attached hydrogens (tertiary/aromatic N) is 1. The number of hydrogen-bond acceptors (Lipinski definition) is 3. The van der Waals surface area contributed by atoms with Gasteiger partial charge in [0, 0.05) is 38.3 Å². The predicted molar refractivity (Wildman–Crippen MR) is 85.8 cm³/mol. The van der Waals surface area contributed by atoms with E-state index >= 15 is 0 Å². The summed E-state index contributed by atoms with van der Waals surface area (Å²) in [6.45, 7) is 10.3. The zero-order valence-electron chi connectivity index (χ0n) is 13.8. The van der Waals surface area contributed by atoms with E-state index in [0.717, 1.165) is 37.2 Å². The summed E-state index contributed by atoms with van der Waals surface area (Å²) in [6, 6.07) is 5.77. The number of rotatable bonds is 10. The number of methoxy groups -OCH3 is 1. The quantitative estimate of drug-likeness (QED) is 0.671. The van der Waals surface area contributed by atoms with Gasteiger partial charge < -0.3 is 10.1 Å². The normalized spacial score (nSPS) is 11.6. The Morgan fingerprint density at radius 1 is 1.33 bits per heavy atom. The molecule has 0 fully saturated rings. The first-order chi connectivity index (χ1) is 10.1. The Morgan fingerprint density at radius 2 is 2.10 bits per heavy atom. The van der Waals surface area contributed by atoms with Gasteiger partial charge in [-0.3, -0.25) is 4.90 Å². The summed E-state index contributed by atoms with van der Waals surface area (Å²) in [6.07, 6.45) is 1.10. The summed E-state index contributed by atoms with van der Waals surface area (Å²) in [4.78, 5) is 2.23. The van der Waals surface area contributed by atoms with E-state index in [9.17, 15) is 4.39 Å². The second-order valence-electron chi connectivity index (χ2n) is 5.66. The Labute approximate surface area is 128 Å². The molecule has 0 aliphatic rings. The lowest BCUT2D eigenvalue weighted by atomic mass is 10.1. The Bertz CT molecular complexity index is 410. The molecule has 0 spiro atoms. The number of nitrogens with one attached hydrogen (secondary N) is 1. The van der Waals surface area contributed by atoms with Crippen LogP contribution in [0.2, 0.25) is 0 Å². The molecular formula is C17H29FN2O. The van der Waals surface area contributed by atoms with Crippen LogP contribution in [0.1, 0.15) is 38.3 Å². The van der Waals surface area contributed by atoms with Crippen LogP contribution in [0.3, 0.4) is 0 Å². The second kappa shape index (κ2) is 9.87. The third-order valence-electron chi connectivity index (χ3n) is 3.55. The van der Waals surface area contributed by atoms with Crippen molar-refractivity contribution in [1.29, 1.82) is 0 Å². The number of halogens is 1. The molecule has 21 heavy (non-hydrogen) atoms. The van der Waals surface area contributed by atoms with E-state index in [4.69, 9.17) is 4.74 Å². The van der Waals surface area contributed by atoms with Crippen LogP contribution in [0, 0.1) is 5.82 Å². The van der Waals surface area contributed by atoms with Gasteiger partial charge in [-0.1, -0.05) is 19.1 Å². The van der Waals surface area contributed by atoms with Gasteiger partial charge in [0.05, 0.1) is 6.61 Å². The van der Waals surface area contributed by atoms with Crippen molar-refractivity contribution < 1.29 is 9.13 Å². The van der Waals surface area contributed by atoms with Gasteiger partial charge in [-0.25, -0.2) is 4.39 Å². The fraction of sp³-hybridized carbons (Fsp3) is 0.647. The third-order valence-corrected chi connectivity index (χ3v) is 3.55. The van der Waals surface area contributed by atoms with Crippen molar-refractivity contribution in [2.24, 2.45) is 0 Å². The number of hydrogen-bond donors (Lipinski definition) is 1. The van der Waals surface area contributed by atoms with Gasteiger partial charge in [0.2, 0.25) is 0 Å². The maximum absolute atomic E-state index is 14.0. The van der Waals surface area contributed by atoms with Crippen LogP contribution in [0.5, 0.6) is 0 Å². The molecule has 4 heteroatoms. The molecule has 0 atom stereocenters. The second-order valence-corrected chi connectivity index (χ2v) is 5.66. The van der Waals surface area contributed by atoms with Crippen LogP contribution in [0.15, 0.2) is 18.2 Å². The Kier molecular flexibility index (Phi) is 8.50. The number of benzene rings is 1. The maximum Gasteiger partial charge on any atom is 0.127 e. The van der Waals surface area contributed by atoms with Crippen LogP contribution >= 0.6 is 0 Å². The summed E-state index contributed by atoms with van der Waals surface area (Å²) < 4.78 is 19.2. The van der Waals surface area contributed by atoms with E-state index in [2.05, 4.69) is 31.0 Å². The Morgan fingerprint density at radius 3 is 2.71 bits per heavy atom. The fourth-order valence-electron chi connectivity index (χ4n) is 2.22. The molecule has 0 saturated heterocycles. The zero-order chi connectivity index (χ0) is 15.7. The molecule has 120 valence electrons. The average Bonchev–Trinajstić information content (AvgIpc) is 2.46. The van der Waals surface area contributed by atoms with Crippen molar-refractivity contribution in [3.05, 3.63) is 35.1 Å². The smallest absolute Gasteiger partial charge is 0.127 e. The highest BCUT2D eigenvalue weighted by atomic mass is 19.1. The van der Waals surface area contributed by atoms with Gasteiger partial charge in [-0.15, -0.1) is 0 Å². The third kappa shape index (κ3) is 6.55. The van der Waals surface area contributed by atoms with Crippen molar-refractivity contribution in [3.63, 3.8) is 0 Å². The molecular weight excluding hydrogens is 267 g/mol. The molecule has 3 nitrogen and oxygen atoms in total. The molecule has 1 aromatic carbocycles. The summed E-state index contributed by atoms with van der Waals surface area (Å²) in [7, 11) is 1.69. The largest absolute Gasteiger partial charge is 0.383 e. The first kappa shape index (κ1) is 18.1. The highest BCUT2D eigenvalue weighted by Crippen LogP contribution is 2.15. The van der Waals surface area contributed by atoms with Crippen molar-refractivity contribution in [3.8, 4) is 0 Å². The monoisotopic (exact) mass is 296 g/mol. The highest BCUT2D eigenvalue weighted by Gasteiger charge is 2.13. The zero-order valence-corrected chi connectivity index (χ0v) is 13.8. The van der Waals surface area contributed by atoms with E-state index in [1.165, 1.54) is 0 Å². The molecule has 1 N–H and O–H groups in total. The predicted octanol–water partition coefficient (Wildman–Crippen LogP) is 3.18. The van der Waals surface area contributed by atoms with E-state index < -0.39 is 0 Å². The van der Waals surface area contributed by atoms with E-state index in [1.54, 1.807) is 13.2 Å². The molecule has 0 aliphatic carbocycles. The molecule has 0 aliphatic heterocycles. The van der Waals surface area contributed by atoms with Gasteiger partial charge in [0.25, 0.3) is 0 Å². The maximum atomic E-state index is 14.0. The van der Waals surface area contributed by atoms with Gasteiger partial charge in [-0.05, 0) is 38.4 Å². The van der Waals surface area contributed by atoms with Crippen LogP contribution in [0.4, 0.5) is 4.39 Å². The fourth-order valence-corrected chi connectivity index (χ4v) is 2.22. The van der Waals surface area contributed by atoms with Crippen molar-refractivity contribution in [2.75, 3.05) is 26.8 Å². The lowest BCUT2D eigenvalue weighted by Gasteiger charge is -2.26. The van der Waals surface area contributed by atoms with Crippen molar-refractivity contribution in [2.45, 2.75) is 46.3 Å². The first-order valence-corrected chi connectivity index (χ1v) is 7.79. The molecule has 0 radical (unpaired) electrons. The van der Waals surface area contributed by atoms with E-state index in [1.807, 2.05) is 12.1 Å². The van der Waals surface area contributed by atoms with Gasteiger partial charge >= 0.3 is 0 Å².